The average molecular weight is 379 g/mol. The van der Waals surface area contributed by atoms with Crippen LogP contribution in [0.1, 0.15) is 40.5 Å². The Labute approximate surface area is 162 Å². The summed E-state index contributed by atoms with van der Waals surface area (Å²) < 4.78 is 0. The molecule has 0 unspecified atom stereocenters. The number of carbonyl (C=O) groups excluding carboxylic acids is 1. The number of nitrogens with one attached hydrogen (secondary N) is 1. The van der Waals surface area contributed by atoms with Gasteiger partial charge in [0.15, 0.2) is 0 Å². The van der Waals surface area contributed by atoms with Gasteiger partial charge in [-0.1, -0.05) is 41.7 Å². The number of hydrogen-bond acceptors (Lipinski definition) is 5. The minimum atomic E-state index is -0.180. The highest BCUT2D eigenvalue weighted by Gasteiger charge is 2.28. The van der Waals surface area contributed by atoms with Gasteiger partial charge in [0.05, 0.1) is 0 Å². The first kappa shape index (κ1) is 17.6. The molecule has 0 bridgehead atoms. The lowest BCUT2D eigenvalue weighted by molar-refractivity contribution is 0.206. The molecular formula is C20H21N5OS. The molecular weight excluding hydrogens is 358 g/mol. The maximum atomic E-state index is 13.0. The molecule has 3 aromatic rings. The number of hydrogen-bond donors (Lipinski definition) is 1. The lowest BCUT2D eigenvalue weighted by Crippen LogP contribution is -2.34. The van der Waals surface area contributed by atoms with Gasteiger partial charge in [0, 0.05) is 31.4 Å². The fourth-order valence-corrected chi connectivity index (χ4v) is 3.76. The molecule has 2 aromatic heterocycles. The molecule has 6 nitrogen and oxygen atoms in total. The van der Waals surface area contributed by atoms with E-state index in [1.165, 1.54) is 24.2 Å². The Hall–Kier alpha value is -2.80. The number of urea groups is 1. The molecule has 0 aliphatic heterocycles. The topological polar surface area (TPSA) is 71.0 Å². The van der Waals surface area contributed by atoms with Gasteiger partial charge in [-0.25, -0.2) is 4.79 Å². The number of rotatable bonds is 6. The quantitative estimate of drug-likeness (QED) is 0.691. The first-order valence-electron chi connectivity index (χ1n) is 9.02. The number of nitrogens with zero attached hydrogens (tertiary/aromatic N) is 4. The van der Waals surface area contributed by atoms with Crippen LogP contribution in [0.4, 0.5) is 9.93 Å². The molecule has 27 heavy (non-hydrogen) atoms. The molecule has 0 spiro atoms. The molecule has 0 saturated heterocycles. The monoisotopic (exact) mass is 379 g/mol. The van der Waals surface area contributed by atoms with E-state index in [2.05, 4.69) is 39.6 Å². The summed E-state index contributed by atoms with van der Waals surface area (Å²) >= 11 is 1.47. The molecule has 2 heterocycles. The summed E-state index contributed by atoms with van der Waals surface area (Å²) in [5.74, 6) is 0.534. The smallest absolute Gasteiger partial charge is 0.316 e. The molecule has 1 N–H and O–H groups in total. The molecule has 1 aliphatic carbocycles. The summed E-state index contributed by atoms with van der Waals surface area (Å²) in [4.78, 5) is 18.9. The van der Waals surface area contributed by atoms with Crippen LogP contribution in [0.3, 0.4) is 0 Å². The minimum Gasteiger partial charge on any atom is -0.316 e. The lowest BCUT2D eigenvalue weighted by atomic mass is 10.1. The largest absolute Gasteiger partial charge is 0.324 e. The molecule has 1 aromatic carbocycles. The molecule has 1 saturated carbocycles. The van der Waals surface area contributed by atoms with Crippen molar-refractivity contribution in [2.45, 2.75) is 38.8 Å². The van der Waals surface area contributed by atoms with E-state index in [4.69, 9.17) is 0 Å². The van der Waals surface area contributed by atoms with Crippen molar-refractivity contribution in [1.82, 2.24) is 20.1 Å². The van der Waals surface area contributed by atoms with Crippen LogP contribution < -0.4 is 5.32 Å². The Morgan fingerprint density at radius 3 is 2.78 bits per heavy atom. The molecule has 2 amide bonds. The Morgan fingerprint density at radius 1 is 1.19 bits per heavy atom. The van der Waals surface area contributed by atoms with Crippen molar-refractivity contribution in [3.63, 3.8) is 0 Å². The van der Waals surface area contributed by atoms with Crippen molar-refractivity contribution in [1.29, 1.82) is 0 Å². The van der Waals surface area contributed by atoms with Crippen molar-refractivity contribution in [3.8, 4) is 0 Å². The molecule has 4 rings (SSSR count). The molecule has 1 aliphatic rings. The Bertz CT molecular complexity index is 923. The third kappa shape index (κ3) is 4.49. The van der Waals surface area contributed by atoms with Crippen LogP contribution in [-0.2, 0) is 13.1 Å². The van der Waals surface area contributed by atoms with Gasteiger partial charge < -0.3 is 4.90 Å². The number of aromatic nitrogens is 3. The zero-order valence-electron chi connectivity index (χ0n) is 15.1. The van der Waals surface area contributed by atoms with Crippen LogP contribution in [0, 0.1) is 6.92 Å². The maximum Gasteiger partial charge on any atom is 0.324 e. The predicted molar refractivity (Wildman–Crippen MR) is 106 cm³/mol. The first-order valence-corrected chi connectivity index (χ1v) is 9.83. The van der Waals surface area contributed by atoms with E-state index < -0.39 is 0 Å². The molecule has 138 valence electrons. The van der Waals surface area contributed by atoms with Crippen LogP contribution in [0.5, 0.6) is 0 Å². The second kappa shape index (κ2) is 7.84. The van der Waals surface area contributed by atoms with Crippen molar-refractivity contribution in [2.24, 2.45) is 0 Å². The highest BCUT2D eigenvalue weighted by molar-refractivity contribution is 7.15. The fourth-order valence-electron chi connectivity index (χ4n) is 2.86. The normalized spacial score (nSPS) is 13.4. The Balaban J connectivity index is 1.51. The highest BCUT2D eigenvalue weighted by atomic mass is 32.1. The summed E-state index contributed by atoms with van der Waals surface area (Å²) in [5.41, 5.74) is 3.26. The summed E-state index contributed by atoms with van der Waals surface area (Å²) in [6.45, 7) is 3.05. The van der Waals surface area contributed by atoms with Crippen LogP contribution in [0.2, 0.25) is 0 Å². The van der Waals surface area contributed by atoms with Crippen molar-refractivity contribution < 1.29 is 4.79 Å². The summed E-state index contributed by atoms with van der Waals surface area (Å²) in [5, 5.41) is 12.8. The van der Waals surface area contributed by atoms with E-state index in [0.717, 1.165) is 21.7 Å². The zero-order chi connectivity index (χ0) is 18.6. The van der Waals surface area contributed by atoms with E-state index in [-0.39, 0.29) is 6.03 Å². The molecule has 0 radical (unpaired) electrons. The number of amides is 2. The number of pyridine rings is 1. The van der Waals surface area contributed by atoms with E-state index in [1.54, 1.807) is 17.3 Å². The molecule has 1 fully saturated rings. The van der Waals surface area contributed by atoms with Crippen molar-refractivity contribution in [3.05, 3.63) is 70.5 Å². The van der Waals surface area contributed by atoms with E-state index in [0.29, 0.717) is 24.1 Å². The number of anilines is 1. The van der Waals surface area contributed by atoms with Crippen molar-refractivity contribution >= 4 is 22.5 Å². The average Bonchev–Trinajstić information content (AvgIpc) is 3.43. The van der Waals surface area contributed by atoms with Gasteiger partial charge in [0.2, 0.25) is 5.13 Å². The van der Waals surface area contributed by atoms with E-state index >= 15 is 0 Å². The van der Waals surface area contributed by atoms with Crippen LogP contribution in [0.15, 0.2) is 48.8 Å². The minimum absolute atomic E-state index is 0.180. The lowest BCUT2D eigenvalue weighted by Gasteiger charge is -2.23. The van der Waals surface area contributed by atoms with Crippen LogP contribution in [-0.4, -0.2) is 26.1 Å². The number of carbonyl (C=O) groups is 1. The first-order chi connectivity index (χ1) is 13.2. The predicted octanol–water partition coefficient (Wildman–Crippen LogP) is 4.35. The van der Waals surface area contributed by atoms with Crippen LogP contribution in [0.25, 0.3) is 0 Å². The van der Waals surface area contributed by atoms with Gasteiger partial charge in [-0.05, 0) is 42.5 Å². The standard InChI is InChI=1S/C20H21N5OS/c1-14-5-2-3-7-17(14)13-25(12-15-6-4-10-21-11-15)20(26)22-19-24-23-18(27-19)16-8-9-16/h2-7,10-11,16H,8-9,12-13H2,1H3,(H,22,24,26). The Kier molecular flexibility index (Phi) is 5.11. The SMILES string of the molecule is Cc1ccccc1CN(Cc1cccnc1)C(=O)Nc1nnc(C2CC2)s1. The fraction of sp³-hybridized carbons (Fsp3) is 0.300. The van der Waals surface area contributed by atoms with Gasteiger partial charge in [0.25, 0.3) is 0 Å². The number of aryl methyl sites for hydroxylation is 1. The number of benzene rings is 1. The second-order valence-corrected chi connectivity index (χ2v) is 7.80. The maximum absolute atomic E-state index is 13.0. The van der Waals surface area contributed by atoms with Crippen LogP contribution >= 0.6 is 11.3 Å². The van der Waals surface area contributed by atoms with Crippen molar-refractivity contribution in [2.75, 3.05) is 5.32 Å². The van der Waals surface area contributed by atoms with Gasteiger partial charge in [0.1, 0.15) is 5.01 Å². The van der Waals surface area contributed by atoms with E-state index in [9.17, 15) is 4.79 Å². The third-order valence-corrected chi connectivity index (χ3v) is 5.59. The van der Waals surface area contributed by atoms with Gasteiger partial charge >= 0.3 is 6.03 Å². The zero-order valence-corrected chi connectivity index (χ0v) is 15.9. The van der Waals surface area contributed by atoms with E-state index in [1.807, 2.05) is 24.3 Å². The van der Waals surface area contributed by atoms with Gasteiger partial charge in [-0.15, -0.1) is 10.2 Å². The molecule has 7 heteroatoms. The highest BCUT2D eigenvalue weighted by Crippen LogP contribution is 2.42. The van der Waals surface area contributed by atoms with Gasteiger partial charge in [-0.2, -0.15) is 0 Å². The summed E-state index contributed by atoms with van der Waals surface area (Å²) in [6, 6.07) is 11.8. The second-order valence-electron chi connectivity index (χ2n) is 6.79. The van der Waals surface area contributed by atoms with Gasteiger partial charge in [-0.3, -0.25) is 10.3 Å². The molecule has 0 atom stereocenters. The summed E-state index contributed by atoms with van der Waals surface area (Å²) in [7, 11) is 0. The summed E-state index contributed by atoms with van der Waals surface area (Å²) in [6.07, 6.45) is 5.86. The Morgan fingerprint density at radius 2 is 2.04 bits per heavy atom. The third-order valence-electron chi connectivity index (χ3n) is 4.59.